The summed E-state index contributed by atoms with van der Waals surface area (Å²) in [5.74, 6) is 0.245. The van der Waals surface area contributed by atoms with Crippen LogP contribution in [0.2, 0.25) is 0 Å². The zero-order valence-electron chi connectivity index (χ0n) is 13.2. The molecule has 22 heavy (non-hydrogen) atoms. The van der Waals surface area contributed by atoms with Crippen LogP contribution in [0.4, 0.5) is 5.69 Å². The monoisotopic (exact) mass is 361 g/mol. The lowest BCUT2D eigenvalue weighted by atomic mass is 9.83. The molecule has 1 aliphatic heterocycles. The Morgan fingerprint density at radius 2 is 2.14 bits per heavy atom. The van der Waals surface area contributed by atoms with Gasteiger partial charge < -0.3 is 0 Å². The Bertz CT molecular complexity index is 658. The highest BCUT2D eigenvalue weighted by Crippen LogP contribution is 2.30. The number of hydrogen-bond donors (Lipinski definition) is 0. The molecule has 0 saturated carbocycles. The van der Waals surface area contributed by atoms with E-state index in [9.17, 15) is 4.79 Å². The molecule has 0 amide bonds. The van der Waals surface area contributed by atoms with Crippen molar-refractivity contribution >= 4 is 33.1 Å². The number of rotatable bonds is 1. The van der Waals surface area contributed by atoms with Crippen molar-refractivity contribution < 1.29 is 4.79 Å². The van der Waals surface area contributed by atoms with Crippen LogP contribution in [0.15, 0.2) is 27.8 Å². The molecular formula is C17H20BrN3O. The summed E-state index contributed by atoms with van der Waals surface area (Å²) in [5, 5.41) is 15.6. The van der Waals surface area contributed by atoms with Crippen LogP contribution >= 0.6 is 15.9 Å². The molecule has 0 fully saturated rings. The Morgan fingerprint density at radius 1 is 1.41 bits per heavy atom. The molecule has 0 unspecified atom stereocenters. The van der Waals surface area contributed by atoms with E-state index in [4.69, 9.17) is 5.26 Å². The number of hydrogen-bond acceptors (Lipinski definition) is 4. The first-order valence-electron chi connectivity index (χ1n) is 7.34. The summed E-state index contributed by atoms with van der Waals surface area (Å²) in [6.07, 6.45) is 1.87. The van der Waals surface area contributed by atoms with E-state index in [2.05, 4.69) is 40.9 Å². The zero-order valence-corrected chi connectivity index (χ0v) is 14.8. The van der Waals surface area contributed by atoms with Gasteiger partial charge in [-0.15, -0.1) is 0 Å². The van der Waals surface area contributed by atoms with Gasteiger partial charge in [-0.25, -0.2) is 0 Å². The van der Waals surface area contributed by atoms with Gasteiger partial charge >= 0.3 is 0 Å². The molecule has 1 aromatic carbocycles. The van der Waals surface area contributed by atoms with E-state index < -0.39 is 0 Å². The van der Waals surface area contributed by atoms with Crippen LogP contribution in [0.3, 0.4) is 0 Å². The average molecular weight is 362 g/mol. The number of ketones is 1. The Labute approximate surface area is 139 Å². The molecule has 0 N–H and O–H groups in total. The van der Waals surface area contributed by atoms with E-state index in [0.717, 1.165) is 28.8 Å². The van der Waals surface area contributed by atoms with Gasteiger partial charge in [0.2, 0.25) is 0 Å². The summed E-state index contributed by atoms with van der Waals surface area (Å²) < 4.78 is 0.760. The molecule has 1 heterocycles. The van der Waals surface area contributed by atoms with Crippen molar-refractivity contribution in [2.45, 2.75) is 40.0 Å². The van der Waals surface area contributed by atoms with E-state index in [1.165, 1.54) is 0 Å². The maximum atomic E-state index is 12.1. The topological polar surface area (TPSA) is 56.5 Å². The normalized spacial score (nSPS) is 21.1. The summed E-state index contributed by atoms with van der Waals surface area (Å²) in [4.78, 5) is 12.1. The van der Waals surface area contributed by atoms with Gasteiger partial charge in [0, 0.05) is 29.6 Å². The maximum Gasteiger partial charge on any atom is 0.139 e. The van der Waals surface area contributed by atoms with Gasteiger partial charge in [-0.1, -0.05) is 13.8 Å². The van der Waals surface area contributed by atoms with Crippen LogP contribution in [0, 0.1) is 16.7 Å². The Balaban J connectivity index is 2.35. The van der Waals surface area contributed by atoms with Crippen LogP contribution < -0.4 is 5.01 Å². The van der Waals surface area contributed by atoms with Gasteiger partial charge in [0.05, 0.1) is 11.3 Å². The minimum atomic E-state index is -0.0285. The summed E-state index contributed by atoms with van der Waals surface area (Å²) in [5.41, 5.74) is 2.32. The fourth-order valence-corrected chi connectivity index (χ4v) is 3.07. The number of hydrazone groups is 1. The van der Waals surface area contributed by atoms with Crippen molar-refractivity contribution in [3.05, 3.63) is 28.2 Å². The standard InChI is InChI=1S/C17H20BrN3O/c1-12-8-15(22)10-17(2,3)6-7-21(20-12)14-5-4-13(11-19)16(18)9-14/h4-5,9H,6-8,10H2,1-3H3/b20-12-. The maximum absolute atomic E-state index is 12.1. The predicted octanol–water partition coefficient (Wildman–Crippen LogP) is 4.28. The lowest BCUT2D eigenvalue weighted by molar-refractivity contribution is -0.119. The fraction of sp³-hybridized carbons (Fsp3) is 0.471. The molecule has 1 aliphatic rings. The first-order chi connectivity index (χ1) is 10.3. The smallest absolute Gasteiger partial charge is 0.139 e. The van der Waals surface area contributed by atoms with E-state index >= 15 is 0 Å². The predicted molar refractivity (Wildman–Crippen MR) is 92.0 cm³/mol. The zero-order chi connectivity index (χ0) is 16.3. The van der Waals surface area contributed by atoms with Crippen molar-refractivity contribution in [3.8, 4) is 6.07 Å². The van der Waals surface area contributed by atoms with Gasteiger partial charge in [0.1, 0.15) is 11.9 Å². The number of anilines is 1. The van der Waals surface area contributed by atoms with Gasteiger partial charge in [0.15, 0.2) is 0 Å². The highest BCUT2D eigenvalue weighted by atomic mass is 79.9. The van der Waals surface area contributed by atoms with Crippen molar-refractivity contribution in [1.29, 1.82) is 5.26 Å². The highest BCUT2D eigenvalue weighted by Gasteiger charge is 2.25. The minimum absolute atomic E-state index is 0.0285. The second-order valence-corrected chi connectivity index (χ2v) is 7.40. The molecule has 0 spiro atoms. The average Bonchev–Trinajstić information content (AvgIpc) is 2.46. The minimum Gasteiger partial charge on any atom is -0.299 e. The largest absolute Gasteiger partial charge is 0.299 e. The van der Waals surface area contributed by atoms with Crippen LogP contribution in [0.1, 0.15) is 45.6 Å². The second kappa shape index (κ2) is 6.62. The molecule has 2 rings (SSSR count). The molecule has 1 aromatic rings. The van der Waals surface area contributed by atoms with Gasteiger partial charge in [-0.2, -0.15) is 10.4 Å². The molecule has 0 saturated heterocycles. The lowest BCUT2D eigenvalue weighted by Crippen LogP contribution is -2.24. The first-order valence-corrected chi connectivity index (χ1v) is 8.13. The number of halogens is 1. The van der Waals surface area contributed by atoms with Crippen molar-refractivity contribution in [3.63, 3.8) is 0 Å². The molecule has 4 nitrogen and oxygen atoms in total. The van der Waals surface area contributed by atoms with E-state index in [-0.39, 0.29) is 11.2 Å². The number of benzene rings is 1. The number of Topliss-reactive ketones (excluding diaryl/α,β-unsaturated/α-hetero) is 1. The van der Waals surface area contributed by atoms with Crippen LogP contribution in [-0.2, 0) is 4.79 Å². The van der Waals surface area contributed by atoms with Gasteiger partial charge in [-0.05, 0) is 52.9 Å². The molecule has 0 atom stereocenters. The van der Waals surface area contributed by atoms with E-state index in [1.54, 1.807) is 6.07 Å². The van der Waals surface area contributed by atoms with Crippen LogP contribution in [0.25, 0.3) is 0 Å². The lowest BCUT2D eigenvalue weighted by Gasteiger charge is -2.26. The molecule has 0 aromatic heterocycles. The van der Waals surface area contributed by atoms with Crippen molar-refractivity contribution in [2.24, 2.45) is 10.5 Å². The van der Waals surface area contributed by atoms with E-state index in [0.29, 0.717) is 18.4 Å². The third-order valence-corrected chi connectivity index (χ3v) is 4.45. The second-order valence-electron chi connectivity index (χ2n) is 6.54. The highest BCUT2D eigenvalue weighted by molar-refractivity contribution is 9.10. The van der Waals surface area contributed by atoms with Gasteiger partial charge in [-0.3, -0.25) is 9.80 Å². The molecular weight excluding hydrogens is 342 g/mol. The van der Waals surface area contributed by atoms with Gasteiger partial charge in [0.25, 0.3) is 0 Å². The Kier molecular flexibility index (Phi) is 5.02. The summed E-state index contributed by atoms with van der Waals surface area (Å²) >= 11 is 3.42. The van der Waals surface area contributed by atoms with E-state index in [1.807, 2.05) is 24.1 Å². The quantitative estimate of drug-likeness (QED) is 0.749. The number of carbonyl (C=O) groups excluding carboxylic acids is 1. The molecule has 0 radical (unpaired) electrons. The van der Waals surface area contributed by atoms with Crippen molar-refractivity contribution in [1.82, 2.24) is 0 Å². The third kappa shape index (κ3) is 4.17. The third-order valence-electron chi connectivity index (χ3n) is 3.79. The molecule has 0 bridgehead atoms. The van der Waals surface area contributed by atoms with Crippen molar-refractivity contribution in [2.75, 3.05) is 11.6 Å². The molecule has 0 aliphatic carbocycles. The Morgan fingerprint density at radius 3 is 2.77 bits per heavy atom. The fourth-order valence-electron chi connectivity index (χ4n) is 2.61. The van der Waals surface area contributed by atoms with Crippen LogP contribution in [0.5, 0.6) is 0 Å². The first kappa shape index (κ1) is 16.7. The summed E-state index contributed by atoms with van der Waals surface area (Å²) in [7, 11) is 0. The number of nitrogens with zero attached hydrogens (tertiary/aromatic N) is 3. The number of nitriles is 1. The SMILES string of the molecule is C/C1=N/N(c2ccc(C#N)c(Br)c2)CCC(C)(C)CC(=O)C1. The molecule has 116 valence electrons. The Hall–Kier alpha value is -1.67. The number of carbonyl (C=O) groups is 1. The summed E-state index contributed by atoms with van der Waals surface area (Å²) in [6.45, 7) is 6.88. The molecule has 5 heteroatoms. The summed E-state index contributed by atoms with van der Waals surface area (Å²) in [6, 6.07) is 7.72. The van der Waals surface area contributed by atoms with Crippen LogP contribution in [-0.4, -0.2) is 18.0 Å².